The van der Waals surface area contributed by atoms with Gasteiger partial charge in [0.05, 0.1) is 0 Å². The Labute approximate surface area is 97.2 Å². The van der Waals surface area contributed by atoms with Gasteiger partial charge < -0.3 is 16.4 Å². The molecule has 0 heterocycles. The van der Waals surface area contributed by atoms with Gasteiger partial charge in [-0.05, 0) is 53.0 Å². The summed E-state index contributed by atoms with van der Waals surface area (Å²) in [5, 5.41) is 6.03. The molecule has 0 unspecified atom stereocenters. The first kappa shape index (κ1) is 20.3. The second-order valence-electron chi connectivity index (χ2n) is 3.35. The van der Waals surface area contributed by atoms with Crippen molar-refractivity contribution in [2.45, 2.75) is 46.5 Å². The highest BCUT2D eigenvalue weighted by atomic mass is 14.8. The van der Waals surface area contributed by atoms with Gasteiger partial charge in [-0.1, -0.05) is 27.2 Å². The van der Waals surface area contributed by atoms with Crippen molar-refractivity contribution in [3.05, 3.63) is 0 Å². The lowest BCUT2D eigenvalue weighted by Crippen LogP contribution is -2.04. The fourth-order valence-electron chi connectivity index (χ4n) is 0.704. The standard InChI is InChI=1S/3C4H11N/c2*1-3-4-5-2;1-2-3-4-5/h2*5H,3-4H2,1-2H3;2-5H2,1H3. The van der Waals surface area contributed by atoms with Gasteiger partial charge in [-0.3, -0.25) is 0 Å². The zero-order valence-electron chi connectivity index (χ0n) is 11.5. The lowest BCUT2D eigenvalue weighted by molar-refractivity contribution is 0.772. The van der Waals surface area contributed by atoms with Gasteiger partial charge in [0.15, 0.2) is 0 Å². The van der Waals surface area contributed by atoms with E-state index in [1.165, 1.54) is 25.7 Å². The maximum atomic E-state index is 5.14. The quantitative estimate of drug-likeness (QED) is 0.640. The maximum absolute atomic E-state index is 5.14. The summed E-state index contributed by atoms with van der Waals surface area (Å²) >= 11 is 0. The van der Waals surface area contributed by atoms with Gasteiger partial charge in [0.1, 0.15) is 0 Å². The monoisotopic (exact) mass is 219 g/mol. The highest BCUT2D eigenvalue weighted by molar-refractivity contribution is 4.29. The molecule has 0 saturated carbocycles. The summed E-state index contributed by atoms with van der Waals surface area (Å²) in [6.07, 6.45) is 4.85. The predicted molar refractivity (Wildman–Crippen MR) is 72.4 cm³/mol. The van der Waals surface area contributed by atoms with E-state index in [4.69, 9.17) is 5.73 Å². The summed E-state index contributed by atoms with van der Waals surface area (Å²) < 4.78 is 0. The Morgan fingerprint density at radius 2 is 1.20 bits per heavy atom. The second kappa shape index (κ2) is 29.2. The molecule has 0 aliphatic heterocycles. The molecule has 0 fully saturated rings. The van der Waals surface area contributed by atoms with E-state index < -0.39 is 0 Å². The maximum Gasteiger partial charge on any atom is -0.00546 e. The van der Waals surface area contributed by atoms with Crippen molar-refractivity contribution in [1.29, 1.82) is 0 Å². The molecule has 0 rings (SSSR count). The van der Waals surface area contributed by atoms with Crippen LogP contribution in [0, 0.1) is 0 Å². The molecule has 0 aromatic carbocycles. The van der Waals surface area contributed by atoms with Crippen molar-refractivity contribution in [3.8, 4) is 0 Å². The summed E-state index contributed by atoms with van der Waals surface area (Å²) in [5.74, 6) is 0. The number of rotatable bonds is 6. The van der Waals surface area contributed by atoms with Crippen LogP contribution in [0.2, 0.25) is 0 Å². The van der Waals surface area contributed by atoms with E-state index in [9.17, 15) is 0 Å². The van der Waals surface area contributed by atoms with E-state index in [2.05, 4.69) is 31.4 Å². The molecule has 0 radical (unpaired) electrons. The summed E-state index contributed by atoms with van der Waals surface area (Å²) in [6.45, 7) is 9.55. The van der Waals surface area contributed by atoms with E-state index in [0.29, 0.717) is 0 Å². The van der Waals surface area contributed by atoms with Crippen LogP contribution in [-0.4, -0.2) is 33.7 Å². The van der Waals surface area contributed by atoms with Crippen LogP contribution in [0.1, 0.15) is 46.5 Å². The second-order valence-corrected chi connectivity index (χ2v) is 3.35. The molecule has 0 bridgehead atoms. The lowest BCUT2D eigenvalue weighted by atomic mass is 10.3. The largest absolute Gasteiger partial charge is 0.330 e. The molecule has 4 N–H and O–H groups in total. The Kier molecular flexibility index (Phi) is 39.5. The molecule has 0 aliphatic rings. The number of hydrogen-bond donors (Lipinski definition) is 3. The molecule has 0 spiro atoms. The third kappa shape index (κ3) is 56.7. The first-order valence-corrected chi connectivity index (χ1v) is 6.24. The van der Waals surface area contributed by atoms with Gasteiger partial charge in [0.25, 0.3) is 0 Å². The van der Waals surface area contributed by atoms with Gasteiger partial charge >= 0.3 is 0 Å². The van der Waals surface area contributed by atoms with Crippen LogP contribution in [0.15, 0.2) is 0 Å². The van der Waals surface area contributed by atoms with Gasteiger partial charge in [-0.15, -0.1) is 0 Å². The average Bonchev–Trinajstić information content (AvgIpc) is 2.23. The van der Waals surface area contributed by atoms with Crippen LogP contribution in [-0.2, 0) is 0 Å². The molecule has 0 atom stereocenters. The minimum atomic E-state index is 0.844. The van der Waals surface area contributed by atoms with E-state index in [0.717, 1.165) is 19.6 Å². The zero-order valence-corrected chi connectivity index (χ0v) is 11.5. The Hall–Kier alpha value is -0.120. The molecule has 0 aromatic heterocycles. The summed E-state index contributed by atoms with van der Waals surface area (Å²) in [5.41, 5.74) is 5.14. The summed E-state index contributed by atoms with van der Waals surface area (Å²) in [6, 6.07) is 0. The predicted octanol–water partition coefficient (Wildman–Crippen LogP) is 1.98. The van der Waals surface area contributed by atoms with Gasteiger partial charge in [0, 0.05) is 0 Å². The fourth-order valence-corrected chi connectivity index (χ4v) is 0.704. The number of unbranched alkanes of at least 4 members (excludes halogenated alkanes) is 1. The SMILES string of the molecule is CCCCN.CCCNC.CCCNC. The molecule has 0 amide bonds. The summed E-state index contributed by atoms with van der Waals surface area (Å²) in [7, 11) is 3.92. The normalized spacial score (nSPS) is 8.40. The molecule has 0 aromatic rings. The van der Waals surface area contributed by atoms with Crippen molar-refractivity contribution in [1.82, 2.24) is 10.6 Å². The fraction of sp³-hybridized carbons (Fsp3) is 1.00. The highest BCUT2D eigenvalue weighted by Crippen LogP contribution is 1.77. The molecule has 3 nitrogen and oxygen atoms in total. The molecule has 96 valence electrons. The molecule has 0 aliphatic carbocycles. The first-order chi connectivity index (χ1) is 7.24. The average molecular weight is 219 g/mol. The van der Waals surface area contributed by atoms with E-state index >= 15 is 0 Å². The van der Waals surface area contributed by atoms with E-state index in [-0.39, 0.29) is 0 Å². The molecule has 0 saturated heterocycles. The Balaban J connectivity index is -0.000000144. The Morgan fingerprint density at radius 1 is 0.800 bits per heavy atom. The molecular weight excluding hydrogens is 186 g/mol. The van der Waals surface area contributed by atoms with Crippen LogP contribution in [0.5, 0.6) is 0 Å². The minimum Gasteiger partial charge on any atom is -0.330 e. The van der Waals surface area contributed by atoms with Crippen LogP contribution < -0.4 is 16.4 Å². The van der Waals surface area contributed by atoms with Crippen molar-refractivity contribution in [3.63, 3.8) is 0 Å². The van der Waals surface area contributed by atoms with Gasteiger partial charge in [-0.25, -0.2) is 0 Å². The van der Waals surface area contributed by atoms with Crippen LogP contribution in [0.3, 0.4) is 0 Å². The van der Waals surface area contributed by atoms with Crippen molar-refractivity contribution < 1.29 is 0 Å². The van der Waals surface area contributed by atoms with Crippen molar-refractivity contribution in [2.24, 2.45) is 5.73 Å². The van der Waals surface area contributed by atoms with Crippen molar-refractivity contribution >= 4 is 0 Å². The molecular formula is C12H33N3. The Morgan fingerprint density at radius 3 is 1.20 bits per heavy atom. The smallest absolute Gasteiger partial charge is 0.00546 e. The van der Waals surface area contributed by atoms with Crippen LogP contribution >= 0.6 is 0 Å². The zero-order chi connectivity index (χ0) is 12.4. The summed E-state index contributed by atoms with van der Waals surface area (Å²) in [4.78, 5) is 0. The number of nitrogens with one attached hydrogen (secondary N) is 2. The topological polar surface area (TPSA) is 50.1 Å². The van der Waals surface area contributed by atoms with Crippen molar-refractivity contribution in [2.75, 3.05) is 33.7 Å². The van der Waals surface area contributed by atoms with Crippen LogP contribution in [0.25, 0.3) is 0 Å². The van der Waals surface area contributed by atoms with E-state index in [1.807, 2.05) is 14.1 Å². The molecule has 3 heteroatoms. The van der Waals surface area contributed by atoms with E-state index in [1.54, 1.807) is 0 Å². The number of hydrogen-bond acceptors (Lipinski definition) is 3. The van der Waals surface area contributed by atoms with Gasteiger partial charge in [0.2, 0.25) is 0 Å². The third-order valence-corrected chi connectivity index (χ3v) is 1.56. The molecule has 15 heavy (non-hydrogen) atoms. The minimum absolute atomic E-state index is 0.844. The van der Waals surface area contributed by atoms with Crippen LogP contribution in [0.4, 0.5) is 0 Å². The first-order valence-electron chi connectivity index (χ1n) is 6.24. The highest BCUT2D eigenvalue weighted by Gasteiger charge is 1.68. The number of nitrogens with two attached hydrogens (primary N) is 1. The Bertz CT molecular complexity index is 47.6. The lowest BCUT2D eigenvalue weighted by Gasteiger charge is -1.84. The van der Waals surface area contributed by atoms with Gasteiger partial charge in [-0.2, -0.15) is 0 Å². The third-order valence-electron chi connectivity index (χ3n) is 1.56.